The van der Waals surface area contributed by atoms with Crippen LogP contribution >= 0.6 is 0 Å². The molecule has 0 saturated heterocycles. The van der Waals surface area contributed by atoms with E-state index >= 15 is 0 Å². The molecule has 5 nitrogen and oxygen atoms in total. The highest BCUT2D eigenvalue weighted by molar-refractivity contribution is 6.03. The van der Waals surface area contributed by atoms with Crippen molar-refractivity contribution in [3.05, 3.63) is 30.0 Å². The van der Waals surface area contributed by atoms with Gasteiger partial charge in [0.1, 0.15) is 0 Å². The molecule has 0 spiro atoms. The number of fused-ring (bicyclic) bond motifs is 1. The number of aromatic nitrogens is 2. The molecule has 0 radical (unpaired) electrons. The molecule has 1 aromatic carbocycles. The van der Waals surface area contributed by atoms with Gasteiger partial charge < -0.3 is 10.1 Å². The molecule has 0 atom stereocenters. The lowest BCUT2D eigenvalue weighted by molar-refractivity contribution is 0.0519. The summed E-state index contributed by atoms with van der Waals surface area (Å²) in [6.45, 7) is 2.97. The number of hydrogen-bond donors (Lipinski definition) is 1. The van der Waals surface area contributed by atoms with Gasteiger partial charge in [0.15, 0.2) is 5.69 Å². The number of hydrogen-bond acceptors (Lipinski definition) is 5. The molecule has 3 rings (SSSR count). The fourth-order valence-corrected chi connectivity index (χ4v) is 2.14. The zero-order valence-electron chi connectivity index (χ0n) is 11.4. The van der Waals surface area contributed by atoms with Crippen molar-refractivity contribution in [2.45, 2.75) is 19.8 Å². The Kier molecular flexibility index (Phi) is 3.50. The van der Waals surface area contributed by atoms with Crippen LogP contribution in [0.2, 0.25) is 0 Å². The summed E-state index contributed by atoms with van der Waals surface area (Å²) in [5.74, 6) is 0.279. The Morgan fingerprint density at radius 3 is 2.90 bits per heavy atom. The van der Waals surface area contributed by atoms with Gasteiger partial charge in [-0.1, -0.05) is 18.2 Å². The van der Waals surface area contributed by atoms with Crippen LogP contribution in [0, 0.1) is 5.92 Å². The van der Waals surface area contributed by atoms with Crippen LogP contribution < -0.4 is 5.32 Å². The van der Waals surface area contributed by atoms with Crippen LogP contribution in [0.25, 0.3) is 10.9 Å². The molecule has 1 aliphatic rings. The number of anilines is 1. The normalized spacial score (nSPS) is 14.2. The highest BCUT2D eigenvalue weighted by Crippen LogP contribution is 2.31. The first-order chi connectivity index (χ1) is 9.79. The van der Waals surface area contributed by atoms with E-state index < -0.39 is 5.97 Å². The van der Waals surface area contributed by atoms with Crippen molar-refractivity contribution in [2.24, 2.45) is 5.92 Å². The lowest BCUT2D eigenvalue weighted by atomic mass is 10.1. The van der Waals surface area contributed by atoms with Crippen LogP contribution in [0.4, 0.5) is 5.69 Å². The average Bonchev–Trinajstić information content (AvgIpc) is 3.29. The molecular weight excluding hydrogens is 254 g/mol. The van der Waals surface area contributed by atoms with Gasteiger partial charge in [0.2, 0.25) is 0 Å². The fraction of sp³-hybridized carbons (Fsp3) is 0.400. The molecule has 0 unspecified atom stereocenters. The van der Waals surface area contributed by atoms with E-state index in [0.717, 1.165) is 23.1 Å². The van der Waals surface area contributed by atoms with E-state index in [-0.39, 0.29) is 5.69 Å². The number of rotatable bonds is 5. The van der Waals surface area contributed by atoms with E-state index in [2.05, 4.69) is 15.5 Å². The molecule has 1 aromatic heterocycles. The SMILES string of the molecule is CCOC(=O)c1nnc2ccccc2c1NCC1CC1. The zero-order chi connectivity index (χ0) is 13.9. The number of nitrogens with zero attached hydrogens (tertiary/aromatic N) is 2. The molecule has 5 heteroatoms. The summed E-state index contributed by atoms with van der Waals surface area (Å²) >= 11 is 0. The fourth-order valence-electron chi connectivity index (χ4n) is 2.14. The third-order valence-corrected chi connectivity index (χ3v) is 3.40. The van der Waals surface area contributed by atoms with Gasteiger partial charge in [-0.05, 0) is 31.7 Å². The zero-order valence-corrected chi connectivity index (χ0v) is 11.4. The van der Waals surface area contributed by atoms with Crippen LogP contribution in [0.3, 0.4) is 0 Å². The van der Waals surface area contributed by atoms with E-state index in [0.29, 0.717) is 12.5 Å². The lowest BCUT2D eigenvalue weighted by Crippen LogP contribution is -2.14. The van der Waals surface area contributed by atoms with E-state index in [1.54, 1.807) is 6.92 Å². The smallest absolute Gasteiger partial charge is 0.361 e. The molecule has 20 heavy (non-hydrogen) atoms. The second-order valence-electron chi connectivity index (χ2n) is 4.99. The maximum atomic E-state index is 12.0. The Labute approximate surface area is 117 Å². The molecule has 1 N–H and O–H groups in total. The third kappa shape index (κ3) is 2.57. The molecule has 0 aliphatic heterocycles. The number of carbonyl (C=O) groups excluding carboxylic acids is 1. The predicted octanol–water partition coefficient (Wildman–Crippen LogP) is 2.63. The van der Waals surface area contributed by atoms with Crippen LogP contribution in [-0.2, 0) is 4.74 Å². The second-order valence-corrected chi connectivity index (χ2v) is 4.99. The summed E-state index contributed by atoms with van der Waals surface area (Å²) < 4.78 is 5.06. The first-order valence-corrected chi connectivity index (χ1v) is 6.96. The standard InChI is InChI=1S/C15H17N3O2/c1-2-20-15(19)14-13(16-9-10-7-8-10)11-5-3-4-6-12(11)17-18-14/h3-6,10H,2,7-9H2,1H3,(H,16,17). The molecule has 104 valence electrons. The van der Waals surface area contributed by atoms with Gasteiger partial charge in [0.05, 0.1) is 17.8 Å². The minimum absolute atomic E-state index is 0.270. The Bertz CT molecular complexity index is 638. The Morgan fingerprint density at radius 2 is 2.15 bits per heavy atom. The van der Waals surface area contributed by atoms with E-state index in [1.807, 2.05) is 24.3 Å². The second kappa shape index (κ2) is 5.45. The lowest BCUT2D eigenvalue weighted by Gasteiger charge is -2.12. The molecule has 0 amide bonds. The number of benzene rings is 1. The van der Waals surface area contributed by atoms with Crippen molar-refractivity contribution in [3.8, 4) is 0 Å². The minimum atomic E-state index is -0.427. The van der Waals surface area contributed by atoms with Crippen LogP contribution in [0.1, 0.15) is 30.3 Å². The first kappa shape index (κ1) is 12.8. The van der Waals surface area contributed by atoms with E-state index in [4.69, 9.17) is 4.74 Å². The minimum Gasteiger partial charge on any atom is -0.461 e. The summed E-state index contributed by atoms with van der Waals surface area (Å²) in [5.41, 5.74) is 1.78. The van der Waals surface area contributed by atoms with Gasteiger partial charge in [-0.25, -0.2) is 4.79 Å². The summed E-state index contributed by atoms with van der Waals surface area (Å²) in [4.78, 5) is 12.0. The first-order valence-electron chi connectivity index (χ1n) is 6.96. The van der Waals surface area contributed by atoms with Gasteiger partial charge in [-0.2, -0.15) is 0 Å². The monoisotopic (exact) mass is 271 g/mol. The van der Waals surface area contributed by atoms with Crippen LogP contribution in [0.15, 0.2) is 24.3 Å². The number of nitrogens with one attached hydrogen (secondary N) is 1. The van der Waals surface area contributed by atoms with Gasteiger partial charge in [-0.3, -0.25) is 0 Å². The Balaban J connectivity index is 2.02. The quantitative estimate of drug-likeness (QED) is 0.847. The summed E-state index contributed by atoms with van der Waals surface area (Å²) in [5, 5.41) is 12.4. The molecular formula is C15H17N3O2. The van der Waals surface area contributed by atoms with Crippen molar-refractivity contribution in [3.63, 3.8) is 0 Å². The topological polar surface area (TPSA) is 64.1 Å². The van der Waals surface area contributed by atoms with E-state index in [1.165, 1.54) is 12.8 Å². The molecule has 1 fully saturated rings. The predicted molar refractivity (Wildman–Crippen MR) is 76.7 cm³/mol. The molecule has 1 aliphatic carbocycles. The average molecular weight is 271 g/mol. The highest BCUT2D eigenvalue weighted by Gasteiger charge is 2.23. The summed E-state index contributed by atoms with van der Waals surface area (Å²) in [7, 11) is 0. The van der Waals surface area contributed by atoms with Gasteiger partial charge >= 0.3 is 5.97 Å². The van der Waals surface area contributed by atoms with Crippen LogP contribution in [-0.4, -0.2) is 29.3 Å². The maximum absolute atomic E-state index is 12.0. The van der Waals surface area contributed by atoms with Crippen molar-refractivity contribution >= 4 is 22.6 Å². The van der Waals surface area contributed by atoms with Crippen molar-refractivity contribution in [2.75, 3.05) is 18.5 Å². The Hall–Kier alpha value is -2.17. The van der Waals surface area contributed by atoms with E-state index in [9.17, 15) is 4.79 Å². The van der Waals surface area contributed by atoms with Gasteiger partial charge in [0, 0.05) is 11.9 Å². The van der Waals surface area contributed by atoms with Crippen molar-refractivity contribution in [1.29, 1.82) is 0 Å². The molecule has 0 bridgehead atoms. The number of carbonyl (C=O) groups is 1. The van der Waals surface area contributed by atoms with Crippen molar-refractivity contribution in [1.82, 2.24) is 10.2 Å². The largest absolute Gasteiger partial charge is 0.461 e. The van der Waals surface area contributed by atoms with Gasteiger partial charge in [0.25, 0.3) is 0 Å². The molecule has 1 heterocycles. The third-order valence-electron chi connectivity index (χ3n) is 3.40. The number of ether oxygens (including phenoxy) is 1. The van der Waals surface area contributed by atoms with Crippen LogP contribution in [0.5, 0.6) is 0 Å². The van der Waals surface area contributed by atoms with Gasteiger partial charge in [-0.15, -0.1) is 10.2 Å². The number of esters is 1. The molecule has 1 saturated carbocycles. The summed E-state index contributed by atoms with van der Waals surface area (Å²) in [6.07, 6.45) is 2.50. The highest BCUT2D eigenvalue weighted by atomic mass is 16.5. The summed E-state index contributed by atoms with van der Waals surface area (Å²) in [6, 6.07) is 7.68. The molecule has 2 aromatic rings. The van der Waals surface area contributed by atoms with Crippen molar-refractivity contribution < 1.29 is 9.53 Å². The maximum Gasteiger partial charge on any atom is 0.361 e. The Morgan fingerprint density at radius 1 is 1.35 bits per heavy atom.